The van der Waals surface area contributed by atoms with Crippen LogP contribution in [0.2, 0.25) is 0 Å². The Bertz CT molecular complexity index is 364. The van der Waals surface area contributed by atoms with E-state index >= 15 is 0 Å². The van der Waals surface area contributed by atoms with E-state index in [1.807, 2.05) is 26.0 Å². The maximum Gasteiger partial charge on any atom is 0.319 e. The molecular formula is C17H34N4O2. The van der Waals surface area contributed by atoms with Gasteiger partial charge in [-0.15, -0.1) is 0 Å². The Morgan fingerprint density at radius 3 is 1.78 bits per heavy atom. The van der Waals surface area contributed by atoms with E-state index in [0.717, 1.165) is 39.1 Å². The van der Waals surface area contributed by atoms with Gasteiger partial charge in [0, 0.05) is 53.9 Å². The lowest BCUT2D eigenvalue weighted by molar-refractivity contribution is 0.153. The van der Waals surface area contributed by atoms with Gasteiger partial charge in [0.1, 0.15) is 0 Å². The summed E-state index contributed by atoms with van der Waals surface area (Å²) in [5.74, 6) is 0. The number of amides is 4. The van der Waals surface area contributed by atoms with E-state index in [1.165, 1.54) is 32.1 Å². The molecule has 0 spiro atoms. The molecule has 2 rings (SSSR count). The number of rotatable bonds is 6. The maximum atomic E-state index is 11.5. The quantitative estimate of drug-likeness (QED) is 0.705. The largest absolute Gasteiger partial charge is 0.328 e. The van der Waals surface area contributed by atoms with Gasteiger partial charge >= 0.3 is 12.1 Å². The normalized spacial score (nSPS) is 18.4. The summed E-state index contributed by atoms with van der Waals surface area (Å²) in [5.41, 5.74) is 0. The van der Waals surface area contributed by atoms with Crippen LogP contribution >= 0.6 is 0 Å². The Hall–Kier alpha value is -1.46. The fourth-order valence-corrected chi connectivity index (χ4v) is 2.84. The zero-order valence-electron chi connectivity index (χ0n) is 15.4. The van der Waals surface area contributed by atoms with Crippen LogP contribution in [0.25, 0.3) is 0 Å². The van der Waals surface area contributed by atoms with E-state index in [4.69, 9.17) is 0 Å². The molecule has 0 saturated carbocycles. The second kappa shape index (κ2) is 10.3. The van der Waals surface area contributed by atoms with Gasteiger partial charge in [0.15, 0.2) is 0 Å². The highest BCUT2D eigenvalue weighted by Crippen LogP contribution is 2.09. The fraction of sp³-hybridized carbons (Fsp3) is 0.882. The van der Waals surface area contributed by atoms with Crippen LogP contribution in [-0.2, 0) is 0 Å². The second-order valence-electron chi connectivity index (χ2n) is 6.58. The molecule has 134 valence electrons. The second-order valence-corrected chi connectivity index (χ2v) is 6.58. The number of likely N-dealkylation sites (N-methyl/N-ethyl adjacent to an activating group) is 1. The van der Waals surface area contributed by atoms with E-state index < -0.39 is 0 Å². The molecule has 2 saturated heterocycles. The molecule has 2 aliphatic heterocycles. The number of carbonyl (C=O) groups is 2. The van der Waals surface area contributed by atoms with E-state index in [9.17, 15) is 9.59 Å². The lowest BCUT2D eigenvalue weighted by Crippen LogP contribution is -2.44. The Morgan fingerprint density at radius 1 is 0.739 bits per heavy atom. The van der Waals surface area contributed by atoms with Crippen LogP contribution in [0, 0.1) is 0 Å². The molecule has 0 radical (unpaired) electrons. The summed E-state index contributed by atoms with van der Waals surface area (Å²) < 4.78 is 0. The van der Waals surface area contributed by atoms with Crippen molar-refractivity contribution in [2.45, 2.75) is 45.4 Å². The molecule has 4 amide bonds. The van der Waals surface area contributed by atoms with Crippen LogP contribution in [-0.4, -0.2) is 85.5 Å². The van der Waals surface area contributed by atoms with Crippen molar-refractivity contribution in [3.63, 3.8) is 0 Å². The molecule has 2 aliphatic rings. The van der Waals surface area contributed by atoms with Gasteiger partial charge in [0.05, 0.1) is 0 Å². The van der Waals surface area contributed by atoms with Crippen molar-refractivity contribution in [3.8, 4) is 0 Å². The smallest absolute Gasteiger partial charge is 0.319 e. The van der Waals surface area contributed by atoms with Crippen molar-refractivity contribution in [1.82, 2.24) is 19.6 Å². The molecule has 0 aromatic rings. The van der Waals surface area contributed by atoms with Crippen molar-refractivity contribution in [1.29, 1.82) is 0 Å². The van der Waals surface area contributed by atoms with Gasteiger partial charge in [0.25, 0.3) is 0 Å². The predicted molar refractivity (Wildman–Crippen MR) is 93.6 cm³/mol. The van der Waals surface area contributed by atoms with E-state index in [1.54, 1.807) is 14.7 Å². The van der Waals surface area contributed by atoms with Gasteiger partial charge in [-0.2, -0.15) is 0 Å². The molecule has 23 heavy (non-hydrogen) atoms. The third-order valence-corrected chi connectivity index (χ3v) is 4.47. The maximum absolute atomic E-state index is 11.5. The van der Waals surface area contributed by atoms with Crippen molar-refractivity contribution in [3.05, 3.63) is 0 Å². The minimum atomic E-state index is 0.140. The number of unbranched alkanes of at least 4 members (excludes halogenated alkanes) is 4. The lowest BCUT2D eigenvalue weighted by atomic mass is 10.1. The molecule has 0 unspecified atom stereocenters. The molecule has 2 heterocycles. The average Bonchev–Trinajstić information content (AvgIpc) is 2.85. The standard InChI is InChI=1S/C11H22N2O.C6H12N2O/c1-3-4-5-6-7-8-13-10-9-12(2)11(13)14;1-7-4-3-5-8(2)6(7)9/h3-10H2,1-2H3;3-5H2,1-2H3. The summed E-state index contributed by atoms with van der Waals surface area (Å²) in [6.07, 6.45) is 7.45. The zero-order valence-corrected chi connectivity index (χ0v) is 15.4. The van der Waals surface area contributed by atoms with Gasteiger partial charge in [-0.1, -0.05) is 32.6 Å². The van der Waals surface area contributed by atoms with Gasteiger partial charge in [-0.05, 0) is 12.8 Å². The molecule has 0 aromatic carbocycles. The van der Waals surface area contributed by atoms with Gasteiger partial charge < -0.3 is 19.6 Å². The van der Waals surface area contributed by atoms with Crippen LogP contribution in [0.4, 0.5) is 9.59 Å². The van der Waals surface area contributed by atoms with Gasteiger partial charge in [-0.3, -0.25) is 0 Å². The molecular weight excluding hydrogens is 292 g/mol. The van der Waals surface area contributed by atoms with Crippen LogP contribution in [0.1, 0.15) is 45.4 Å². The van der Waals surface area contributed by atoms with Crippen LogP contribution < -0.4 is 0 Å². The Kier molecular flexibility index (Phi) is 8.81. The van der Waals surface area contributed by atoms with Crippen LogP contribution in [0.5, 0.6) is 0 Å². The highest BCUT2D eigenvalue weighted by Gasteiger charge is 2.24. The van der Waals surface area contributed by atoms with E-state index in [-0.39, 0.29) is 12.1 Å². The number of hydrogen-bond acceptors (Lipinski definition) is 2. The molecule has 6 nitrogen and oxygen atoms in total. The lowest BCUT2D eigenvalue weighted by Gasteiger charge is -2.30. The summed E-state index contributed by atoms with van der Waals surface area (Å²) in [6.45, 7) is 6.80. The molecule has 0 atom stereocenters. The minimum absolute atomic E-state index is 0.140. The first-order chi connectivity index (χ1) is 11.0. The summed E-state index contributed by atoms with van der Waals surface area (Å²) >= 11 is 0. The molecule has 2 fully saturated rings. The fourth-order valence-electron chi connectivity index (χ4n) is 2.84. The first-order valence-corrected chi connectivity index (χ1v) is 8.93. The van der Waals surface area contributed by atoms with Crippen molar-refractivity contribution < 1.29 is 9.59 Å². The number of urea groups is 2. The molecule has 6 heteroatoms. The average molecular weight is 326 g/mol. The Balaban J connectivity index is 0.000000253. The molecule has 0 bridgehead atoms. The van der Waals surface area contributed by atoms with Crippen molar-refractivity contribution in [2.75, 3.05) is 53.9 Å². The van der Waals surface area contributed by atoms with Crippen molar-refractivity contribution in [2.24, 2.45) is 0 Å². The highest BCUT2D eigenvalue weighted by atomic mass is 16.2. The number of carbonyl (C=O) groups excluding carboxylic acids is 2. The Labute approximate surface area is 141 Å². The molecule has 0 aromatic heterocycles. The first kappa shape index (κ1) is 19.6. The Morgan fingerprint density at radius 2 is 1.30 bits per heavy atom. The highest BCUT2D eigenvalue weighted by molar-refractivity contribution is 5.76. The molecule has 0 N–H and O–H groups in total. The van der Waals surface area contributed by atoms with E-state index in [0.29, 0.717) is 0 Å². The zero-order chi connectivity index (χ0) is 17.2. The van der Waals surface area contributed by atoms with Gasteiger partial charge in [-0.25, -0.2) is 9.59 Å². The number of nitrogens with zero attached hydrogens (tertiary/aromatic N) is 4. The number of hydrogen-bond donors (Lipinski definition) is 0. The SMILES string of the molecule is CCCCCCCN1CCN(C)C1=O.CN1CCCN(C)C1=O. The third kappa shape index (κ3) is 6.67. The summed E-state index contributed by atoms with van der Waals surface area (Å²) in [6, 6.07) is 0.349. The molecule has 0 aliphatic carbocycles. The monoisotopic (exact) mass is 326 g/mol. The predicted octanol–water partition coefficient (Wildman–Crippen LogP) is 2.70. The van der Waals surface area contributed by atoms with Crippen molar-refractivity contribution >= 4 is 12.1 Å². The summed E-state index contributed by atoms with van der Waals surface area (Å²) in [7, 11) is 5.54. The first-order valence-electron chi connectivity index (χ1n) is 8.93. The van der Waals surface area contributed by atoms with E-state index in [2.05, 4.69) is 6.92 Å². The summed E-state index contributed by atoms with van der Waals surface area (Å²) in [4.78, 5) is 29.7. The third-order valence-electron chi connectivity index (χ3n) is 4.47. The van der Waals surface area contributed by atoms with Crippen LogP contribution in [0.3, 0.4) is 0 Å². The van der Waals surface area contributed by atoms with Gasteiger partial charge in [0.2, 0.25) is 0 Å². The van der Waals surface area contributed by atoms with Crippen LogP contribution in [0.15, 0.2) is 0 Å². The minimum Gasteiger partial charge on any atom is -0.328 e. The topological polar surface area (TPSA) is 47.1 Å². The summed E-state index contributed by atoms with van der Waals surface area (Å²) in [5, 5.41) is 0.